The van der Waals surface area contributed by atoms with Crippen molar-refractivity contribution in [1.29, 1.82) is 0 Å². The molecule has 0 aliphatic carbocycles. The SMILES string of the molecule is Cc1ccc2nc(NCc3cccc(C(F)(F)F)c3)[nH]c2c1. The summed E-state index contributed by atoms with van der Waals surface area (Å²) in [6, 6.07) is 11.1. The van der Waals surface area contributed by atoms with Crippen molar-refractivity contribution in [2.24, 2.45) is 0 Å². The summed E-state index contributed by atoms with van der Waals surface area (Å²) < 4.78 is 38.0. The number of hydrogen-bond acceptors (Lipinski definition) is 2. The van der Waals surface area contributed by atoms with Crippen molar-refractivity contribution < 1.29 is 13.2 Å². The third kappa shape index (κ3) is 3.05. The zero-order valence-corrected chi connectivity index (χ0v) is 11.8. The topological polar surface area (TPSA) is 40.7 Å². The first-order valence-electron chi connectivity index (χ1n) is 6.78. The molecule has 1 aromatic heterocycles. The summed E-state index contributed by atoms with van der Waals surface area (Å²) >= 11 is 0. The van der Waals surface area contributed by atoms with Crippen molar-refractivity contribution in [2.45, 2.75) is 19.6 Å². The largest absolute Gasteiger partial charge is 0.416 e. The van der Waals surface area contributed by atoms with Gasteiger partial charge in [0.2, 0.25) is 5.95 Å². The van der Waals surface area contributed by atoms with Crippen LogP contribution >= 0.6 is 0 Å². The second-order valence-corrected chi connectivity index (χ2v) is 5.16. The van der Waals surface area contributed by atoms with E-state index in [1.807, 2.05) is 25.1 Å². The molecule has 0 saturated carbocycles. The fourth-order valence-corrected chi connectivity index (χ4v) is 2.25. The fraction of sp³-hybridized carbons (Fsp3) is 0.188. The number of nitrogens with zero attached hydrogens (tertiary/aromatic N) is 1. The smallest absolute Gasteiger partial charge is 0.352 e. The Morgan fingerprint density at radius 1 is 1.14 bits per heavy atom. The zero-order chi connectivity index (χ0) is 15.7. The molecule has 0 aliphatic heterocycles. The van der Waals surface area contributed by atoms with Crippen LogP contribution in [0.2, 0.25) is 0 Å². The Morgan fingerprint density at radius 3 is 2.73 bits per heavy atom. The van der Waals surface area contributed by atoms with E-state index in [0.29, 0.717) is 11.5 Å². The number of halogens is 3. The molecular formula is C16H14F3N3. The van der Waals surface area contributed by atoms with E-state index in [-0.39, 0.29) is 6.54 Å². The van der Waals surface area contributed by atoms with E-state index in [4.69, 9.17) is 0 Å². The van der Waals surface area contributed by atoms with Gasteiger partial charge >= 0.3 is 6.18 Å². The predicted octanol–water partition coefficient (Wildman–Crippen LogP) is 4.50. The second kappa shape index (κ2) is 5.36. The maximum Gasteiger partial charge on any atom is 0.416 e. The van der Waals surface area contributed by atoms with Crippen molar-refractivity contribution in [3.63, 3.8) is 0 Å². The number of imidazole rings is 1. The molecule has 0 aliphatic rings. The minimum Gasteiger partial charge on any atom is -0.352 e. The number of anilines is 1. The van der Waals surface area contributed by atoms with Crippen molar-refractivity contribution in [3.05, 3.63) is 59.2 Å². The van der Waals surface area contributed by atoms with Gasteiger partial charge in [0.1, 0.15) is 0 Å². The van der Waals surface area contributed by atoms with Crippen molar-refractivity contribution in [3.8, 4) is 0 Å². The Bertz CT molecular complexity index is 806. The Balaban J connectivity index is 1.76. The first kappa shape index (κ1) is 14.4. The molecule has 0 unspecified atom stereocenters. The molecule has 114 valence electrons. The quantitative estimate of drug-likeness (QED) is 0.748. The van der Waals surface area contributed by atoms with Crippen LogP contribution in [0.3, 0.4) is 0 Å². The lowest BCUT2D eigenvalue weighted by Crippen LogP contribution is -2.07. The summed E-state index contributed by atoms with van der Waals surface area (Å²) in [5.74, 6) is 0.540. The van der Waals surface area contributed by atoms with E-state index in [9.17, 15) is 13.2 Å². The first-order valence-corrected chi connectivity index (χ1v) is 6.78. The summed E-state index contributed by atoms with van der Waals surface area (Å²) in [5.41, 5.74) is 2.72. The first-order chi connectivity index (χ1) is 10.4. The molecule has 3 nitrogen and oxygen atoms in total. The van der Waals surface area contributed by atoms with Gasteiger partial charge in [0.25, 0.3) is 0 Å². The third-order valence-corrected chi connectivity index (χ3v) is 3.35. The van der Waals surface area contributed by atoms with Gasteiger partial charge < -0.3 is 10.3 Å². The van der Waals surface area contributed by atoms with Crippen LogP contribution in [-0.2, 0) is 12.7 Å². The third-order valence-electron chi connectivity index (χ3n) is 3.35. The summed E-state index contributed by atoms with van der Waals surface area (Å²) in [6.45, 7) is 2.25. The number of aromatic amines is 1. The molecule has 3 rings (SSSR count). The Kier molecular flexibility index (Phi) is 3.52. The average Bonchev–Trinajstić information content (AvgIpc) is 2.86. The molecule has 0 saturated heterocycles. The van der Waals surface area contributed by atoms with Gasteiger partial charge in [-0.05, 0) is 42.3 Å². The number of nitrogens with one attached hydrogen (secondary N) is 2. The normalized spacial score (nSPS) is 11.8. The van der Waals surface area contributed by atoms with E-state index in [1.54, 1.807) is 6.07 Å². The van der Waals surface area contributed by atoms with Gasteiger partial charge in [-0.3, -0.25) is 0 Å². The molecule has 6 heteroatoms. The van der Waals surface area contributed by atoms with Crippen LogP contribution < -0.4 is 5.32 Å². The van der Waals surface area contributed by atoms with Crippen LogP contribution in [0.1, 0.15) is 16.7 Å². The van der Waals surface area contributed by atoms with Crippen LogP contribution in [0, 0.1) is 6.92 Å². The minimum atomic E-state index is -4.33. The lowest BCUT2D eigenvalue weighted by atomic mass is 10.1. The van der Waals surface area contributed by atoms with Crippen LogP contribution in [-0.4, -0.2) is 9.97 Å². The fourth-order valence-electron chi connectivity index (χ4n) is 2.25. The Morgan fingerprint density at radius 2 is 1.95 bits per heavy atom. The molecule has 0 radical (unpaired) electrons. The van der Waals surface area contributed by atoms with E-state index in [1.165, 1.54) is 6.07 Å². The van der Waals surface area contributed by atoms with Gasteiger partial charge in [-0.15, -0.1) is 0 Å². The van der Waals surface area contributed by atoms with Crippen molar-refractivity contribution in [2.75, 3.05) is 5.32 Å². The Hall–Kier alpha value is -2.50. The lowest BCUT2D eigenvalue weighted by Gasteiger charge is -2.09. The maximum atomic E-state index is 12.7. The van der Waals surface area contributed by atoms with Crippen molar-refractivity contribution >= 4 is 17.0 Å². The van der Waals surface area contributed by atoms with E-state index >= 15 is 0 Å². The molecule has 2 aromatic carbocycles. The van der Waals surface area contributed by atoms with Gasteiger partial charge in [0.05, 0.1) is 16.6 Å². The molecule has 0 spiro atoms. The van der Waals surface area contributed by atoms with E-state index in [2.05, 4.69) is 15.3 Å². The maximum absolute atomic E-state index is 12.7. The number of alkyl halides is 3. The van der Waals surface area contributed by atoms with Crippen molar-refractivity contribution in [1.82, 2.24) is 9.97 Å². The number of aromatic nitrogens is 2. The predicted molar refractivity (Wildman–Crippen MR) is 79.6 cm³/mol. The average molecular weight is 305 g/mol. The summed E-state index contributed by atoms with van der Waals surface area (Å²) in [4.78, 5) is 7.46. The second-order valence-electron chi connectivity index (χ2n) is 5.16. The minimum absolute atomic E-state index is 0.267. The highest BCUT2D eigenvalue weighted by Gasteiger charge is 2.30. The van der Waals surface area contributed by atoms with Gasteiger partial charge in [-0.2, -0.15) is 13.2 Å². The van der Waals surface area contributed by atoms with Gasteiger partial charge in [0, 0.05) is 6.54 Å². The molecule has 22 heavy (non-hydrogen) atoms. The highest BCUT2D eigenvalue weighted by Crippen LogP contribution is 2.29. The van der Waals surface area contributed by atoms with Crippen LogP contribution in [0.15, 0.2) is 42.5 Å². The van der Waals surface area contributed by atoms with Gasteiger partial charge in [-0.25, -0.2) is 4.98 Å². The monoisotopic (exact) mass is 305 g/mol. The summed E-state index contributed by atoms with van der Waals surface area (Å²) in [5, 5.41) is 3.01. The number of hydrogen-bond donors (Lipinski definition) is 2. The van der Waals surface area contributed by atoms with Crippen LogP contribution in [0.4, 0.5) is 19.1 Å². The zero-order valence-electron chi connectivity index (χ0n) is 11.8. The number of rotatable bonds is 3. The molecule has 2 N–H and O–H groups in total. The van der Waals surface area contributed by atoms with Gasteiger partial charge in [-0.1, -0.05) is 18.2 Å². The summed E-state index contributed by atoms with van der Waals surface area (Å²) in [7, 11) is 0. The molecule has 0 bridgehead atoms. The summed E-state index contributed by atoms with van der Waals surface area (Å²) in [6.07, 6.45) is -4.33. The Labute approximate surface area is 125 Å². The highest BCUT2D eigenvalue weighted by molar-refractivity contribution is 5.78. The molecule has 3 aromatic rings. The van der Waals surface area contributed by atoms with Gasteiger partial charge in [0.15, 0.2) is 0 Å². The molecule has 0 fully saturated rings. The van der Waals surface area contributed by atoms with E-state index in [0.717, 1.165) is 28.7 Å². The number of aryl methyl sites for hydroxylation is 1. The molecule has 1 heterocycles. The number of benzene rings is 2. The molecule has 0 amide bonds. The van der Waals surface area contributed by atoms with Crippen LogP contribution in [0.25, 0.3) is 11.0 Å². The molecule has 0 atom stereocenters. The molecular weight excluding hydrogens is 291 g/mol. The van der Waals surface area contributed by atoms with E-state index < -0.39 is 11.7 Å². The standard InChI is InChI=1S/C16H14F3N3/c1-10-5-6-13-14(7-10)22-15(21-13)20-9-11-3-2-4-12(8-11)16(17,18)19/h2-8H,9H2,1H3,(H2,20,21,22). The lowest BCUT2D eigenvalue weighted by molar-refractivity contribution is -0.137. The number of H-pyrrole nitrogens is 1. The number of fused-ring (bicyclic) bond motifs is 1. The highest BCUT2D eigenvalue weighted by atomic mass is 19.4. The van der Waals surface area contributed by atoms with Crippen LogP contribution in [0.5, 0.6) is 0 Å².